The van der Waals surface area contributed by atoms with E-state index < -0.39 is 0 Å². The second-order valence-electron chi connectivity index (χ2n) is 14.1. The van der Waals surface area contributed by atoms with Crippen LogP contribution in [0.5, 0.6) is 0 Å². The highest BCUT2D eigenvalue weighted by Crippen LogP contribution is 2.49. The SMILES string of the molecule is c1ccc(-c2ccc(-c3ccc(N(c4ccccc4-c4ccccc4-c4ccccc4-c4ccccc4)c4cccc5c4sc4ccccc45)cc3)cc2)cc1. The third-order valence-corrected chi connectivity index (χ3v) is 11.9. The molecular weight excluding hydrogens is 695 g/mol. The molecule has 0 atom stereocenters. The van der Waals surface area contributed by atoms with Crippen LogP contribution in [-0.2, 0) is 0 Å². The highest BCUT2D eigenvalue weighted by atomic mass is 32.1. The van der Waals surface area contributed by atoms with E-state index in [1.807, 2.05) is 11.3 Å². The molecule has 0 fully saturated rings. The van der Waals surface area contributed by atoms with Crippen LogP contribution in [0.2, 0.25) is 0 Å². The van der Waals surface area contributed by atoms with Gasteiger partial charge in [-0.15, -0.1) is 11.3 Å². The Bertz CT molecular complexity index is 2940. The zero-order valence-corrected chi connectivity index (χ0v) is 31.5. The molecule has 0 aliphatic rings. The van der Waals surface area contributed by atoms with Gasteiger partial charge in [0.25, 0.3) is 0 Å². The van der Waals surface area contributed by atoms with E-state index in [0.29, 0.717) is 0 Å². The number of fused-ring (bicyclic) bond motifs is 3. The third-order valence-electron chi connectivity index (χ3n) is 10.7. The minimum atomic E-state index is 1.11. The van der Waals surface area contributed by atoms with Crippen LogP contribution in [0.1, 0.15) is 0 Å². The molecule has 0 unspecified atom stereocenters. The van der Waals surface area contributed by atoms with Crippen molar-refractivity contribution >= 4 is 48.6 Å². The van der Waals surface area contributed by atoms with Crippen LogP contribution >= 0.6 is 11.3 Å². The van der Waals surface area contributed by atoms with Crippen LogP contribution in [-0.4, -0.2) is 0 Å². The Morgan fingerprint density at radius 2 is 0.696 bits per heavy atom. The summed E-state index contributed by atoms with van der Waals surface area (Å²) in [5.41, 5.74) is 15.4. The topological polar surface area (TPSA) is 3.24 Å². The summed E-state index contributed by atoms with van der Waals surface area (Å²) in [5.74, 6) is 0. The van der Waals surface area contributed by atoms with Crippen molar-refractivity contribution in [1.82, 2.24) is 0 Å². The van der Waals surface area contributed by atoms with Crippen molar-refractivity contribution in [2.45, 2.75) is 0 Å². The third kappa shape index (κ3) is 6.17. The lowest BCUT2D eigenvalue weighted by Crippen LogP contribution is -2.11. The average molecular weight is 732 g/mol. The molecule has 0 aliphatic carbocycles. The molecule has 0 spiro atoms. The van der Waals surface area contributed by atoms with E-state index >= 15 is 0 Å². The number of anilines is 3. The molecular formula is C54H37NS. The van der Waals surface area contributed by atoms with Gasteiger partial charge in [0.05, 0.1) is 16.1 Å². The van der Waals surface area contributed by atoms with Crippen molar-refractivity contribution in [1.29, 1.82) is 0 Å². The number of rotatable bonds is 8. The molecule has 0 N–H and O–H groups in total. The Balaban J connectivity index is 1.14. The van der Waals surface area contributed by atoms with Crippen LogP contribution in [0, 0.1) is 0 Å². The minimum Gasteiger partial charge on any atom is -0.308 e. The highest BCUT2D eigenvalue weighted by Gasteiger charge is 2.22. The van der Waals surface area contributed by atoms with Gasteiger partial charge >= 0.3 is 0 Å². The number of benzene rings is 9. The minimum absolute atomic E-state index is 1.11. The fraction of sp³-hybridized carbons (Fsp3) is 0. The van der Waals surface area contributed by atoms with Gasteiger partial charge in [-0.1, -0.05) is 194 Å². The summed E-state index contributed by atoms with van der Waals surface area (Å²) in [5, 5.41) is 2.57. The van der Waals surface area contributed by atoms with Gasteiger partial charge in [-0.2, -0.15) is 0 Å². The van der Waals surface area contributed by atoms with Crippen molar-refractivity contribution in [3.63, 3.8) is 0 Å². The molecule has 0 amide bonds. The summed E-state index contributed by atoms with van der Waals surface area (Å²) in [6, 6.07) is 81.3. The predicted molar refractivity (Wildman–Crippen MR) is 241 cm³/mol. The van der Waals surface area contributed by atoms with Crippen LogP contribution in [0.15, 0.2) is 224 Å². The molecule has 56 heavy (non-hydrogen) atoms. The highest BCUT2D eigenvalue weighted by molar-refractivity contribution is 7.26. The van der Waals surface area contributed by atoms with Crippen molar-refractivity contribution in [3.05, 3.63) is 224 Å². The first-order valence-electron chi connectivity index (χ1n) is 19.1. The van der Waals surface area contributed by atoms with Crippen molar-refractivity contribution < 1.29 is 0 Å². The molecule has 9 aromatic carbocycles. The summed E-state index contributed by atoms with van der Waals surface area (Å²) >= 11 is 1.87. The van der Waals surface area contributed by atoms with Gasteiger partial charge in [0.1, 0.15) is 0 Å². The van der Waals surface area contributed by atoms with Gasteiger partial charge < -0.3 is 4.90 Å². The lowest BCUT2D eigenvalue weighted by Gasteiger charge is -2.29. The fourth-order valence-corrected chi connectivity index (χ4v) is 9.25. The van der Waals surface area contributed by atoms with Crippen LogP contribution in [0.3, 0.4) is 0 Å². The van der Waals surface area contributed by atoms with Gasteiger partial charge in [-0.25, -0.2) is 0 Å². The molecule has 2 heteroatoms. The van der Waals surface area contributed by atoms with Crippen LogP contribution < -0.4 is 4.90 Å². The maximum absolute atomic E-state index is 2.47. The summed E-state index contributed by atoms with van der Waals surface area (Å²) < 4.78 is 2.56. The second-order valence-corrected chi connectivity index (χ2v) is 15.1. The van der Waals surface area contributed by atoms with Gasteiger partial charge in [0, 0.05) is 26.7 Å². The number of thiophene rings is 1. The van der Waals surface area contributed by atoms with Crippen molar-refractivity contribution in [3.8, 4) is 55.6 Å². The van der Waals surface area contributed by atoms with Crippen LogP contribution in [0.25, 0.3) is 75.8 Å². The predicted octanol–water partition coefficient (Wildman–Crippen LogP) is 15.9. The largest absolute Gasteiger partial charge is 0.308 e. The van der Waals surface area contributed by atoms with Crippen molar-refractivity contribution in [2.24, 2.45) is 0 Å². The van der Waals surface area contributed by atoms with E-state index in [-0.39, 0.29) is 0 Å². The average Bonchev–Trinajstić information content (AvgIpc) is 3.67. The smallest absolute Gasteiger partial charge is 0.0640 e. The molecule has 1 nitrogen and oxygen atoms in total. The summed E-state index contributed by atoms with van der Waals surface area (Å²) in [6.45, 7) is 0. The number of nitrogens with zero attached hydrogens (tertiary/aromatic N) is 1. The standard InChI is InChI=1S/C54H37NS/c1-3-16-38(17-4-1)39-30-32-40(33-31-39)41-34-36-43(37-35-41)55(52-28-15-26-50-49-25-12-14-29-53(49)56-54(50)52)51-27-13-11-24-48(51)47-23-10-9-22-46(47)45-21-8-7-20-44(45)42-18-5-2-6-19-42/h1-37H. The number of para-hydroxylation sites is 1. The van der Waals surface area contributed by atoms with E-state index in [1.165, 1.54) is 81.5 Å². The molecule has 0 saturated carbocycles. The second kappa shape index (κ2) is 14.7. The number of hydrogen-bond donors (Lipinski definition) is 0. The quantitative estimate of drug-likeness (QED) is 0.150. The first-order valence-corrected chi connectivity index (χ1v) is 19.9. The van der Waals surface area contributed by atoms with Crippen molar-refractivity contribution in [2.75, 3.05) is 4.90 Å². The van der Waals surface area contributed by atoms with E-state index in [4.69, 9.17) is 0 Å². The summed E-state index contributed by atoms with van der Waals surface area (Å²) in [7, 11) is 0. The molecule has 0 aliphatic heterocycles. The Labute approximate surface area is 332 Å². The Morgan fingerprint density at radius 1 is 0.268 bits per heavy atom. The van der Waals surface area contributed by atoms with Crippen LogP contribution in [0.4, 0.5) is 17.1 Å². The van der Waals surface area contributed by atoms with E-state index in [2.05, 4.69) is 229 Å². The number of hydrogen-bond acceptors (Lipinski definition) is 2. The molecule has 10 aromatic rings. The molecule has 1 heterocycles. The Kier molecular flexibility index (Phi) is 8.79. The molecule has 264 valence electrons. The zero-order valence-electron chi connectivity index (χ0n) is 30.7. The molecule has 0 radical (unpaired) electrons. The fourth-order valence-electron chi connectivity index (χ4n) is 8.04. The zero-order chi connectivity index (χ0) is 37.3. The lowest BCUT2D eigenvalue weighted by atomic mass is 9.88. The monoisotopic (exact) mass is 731 g/mol. The van der Waals surface area contributed by atoms with Gasteiger partial charge in [0.15, 0.2) is 0 Å². The molecule has 0 saturated heterocycles. The van der Waals surface area contributed by atoms with E-state index in [0.717, 1.165) is 11.4 Å². The first kappa shape index (κ1) is 33.6. The first-order chi connectivity index (χ1) is 27.8. The Hall–Kier alpha value is -7.00. The lowest BCUT2D eigenvalue weighted by molar-refractivity contribution is 1.30. The molecule has 1 aromatic heterocycles. The van der Waals surface area contributed by atoms with Gasteiger partial charge in [-0.05, 0) is 80.4 Å². The summed E-state index contributed by atoms with van der Waals surface area (Å²) in [6.07, 6.45) is 0. The Morgan fingerprint density at radius 3 is 1.36 bits per heavy atom. The molecule has 0 bridgehead atoms. The summed E-state index contributed by atoms with van der Waals surface area (Å²) in [4.78, 5) is 2.47. The maximum atomic E-state index is 2.47. The van der Waals surface area contributed by atoms with E-state index in [1.54, 1.807) is 0 Å². The van der Waals surface area contributed by atoms with Gasteiger partial charge in [-0.3, -0.25) is 0 Å². The molecule has 10 rings (SSSR count). The maximum Gasteiger partial charge on any atom is 0.0640 e. The van der Waals surface area contributed by atoms with E-state index in [9.17, 15) is 0 Å². The van der Waals surface area contributed by atoms with Gasteiger partial charge in [0.2, 0.25) is 0 Å². The normalized spacial score (nSPS) is 11.2.